The number of carbonyl (C=O) groups is 2. The minimum atomic E-state index is -0.485. The van der Waals surface area contributed by atoms with Crippen molar-refractivity contribution < 1.29 is 23.7 Å². The summed E-state index contributed by atoms with van der Waals surface area (Å²) in [5.41, 5.74) is 0.660. The highest BCUT2D eigenvalue weighted by Crippen LogP contribution is 2.31. The van der Waals surface area contributed by atoms with Gasteiger partial charge in [0.25, 0.3) is 17.5 Å². The molecule has 9 heteroatoms. The summed E-state index contributed by atoms with van der Waals surface area (Å²) in [5, 5.41) is 14.0. The lowest BCUT2D eigenvalue weighted by Gasteiger charge is -2.27. The van der Waals surface area contributed by atoms with Crippen molar-refractivity contribution in [3.05, 3.63) is 93.9 Å². The Balaban J connectivity index is 1.65. The van der Waals surface area contributed by atoms with Gasteiger partial charge in [0.05, 0.1) is 23.7 Å². The summed E-state index contributed by atoms with van der Waals surface area (Å²) >= 11 is 0. The second-order valence-corrected chi connectivity index (χ2v) is 7.26. The number of nitro groups is 1. The molecule has 2 heterocycles. The third-order valence-electron chi connectivity index (χ3n) is 5.09. The van der Waals surface area contributed by atoms with Crippen LogP contribution >= 0.6 is 0 Å². The van der Waals surface area contributed by atoms with Crippen LogP contribution in [0.5, 0.6) is 0 Å². The largest absolute Gasteiger partial charge is 0.456 e. The minimum Gasteiger partial charge on any atom is -0.456 e. The van der Waals surface area contributed by atoms with Crippen LogP contribution in [0.25, 0.3) is 17.4 Å². The number of amides is 2. The molecule has 1 aliphatic rings. The van der Waals surface area contributed by atoms with Crippen molar-refractivity contribution >= 4 is 23.6 Å². The Morgan fingerprint density at radius 3 is 2.39 bits per heavy atom. The molecule has 0 radical (unpaired) electrons. The Kier molecular flexibility index (Phi) is 6.61. The number of furan rings is 1. The second-order valence-electron chi connectivity index (χ2n) is 7.26. The van der Waals surface area contributed by atoms with Gasteiger partial charge in [-0.2, -0.15) is 0 Å². The van der Waals surface area contributed by atoms with Crippen LogP contribution in [0.15, 0.2) is 76.8 Å². The highest BCUT2D eigenvalue weighted by molar-refractivity contribution is 6.05. The summed E-state index contributed by atoms with van der Waals surface area (Å²) in [7, 11) is 0. The molecule has 0 unspecified atom stereocenters. The first-order chi connectivity index (χ1) is 16.0. The highest BCUT2D eigenvalue weighted by Gasteiger charge is 2.24. The van der Waals surface area contributed by atoms with Crippen LogP contribution in [0.2, 0.25) is 0 Å². The average molecular weight is 447 g/mol. The summed E-state index contributed by atoms with van der Waals surface area (Å²) < 4.78 is 11.1. The normalized spacial score (nSPS) is 14.1. The van der Waals surface area contributed by atoms with Gasteiger partial charge in [0.2, 0.25) is 0 Å². The van der Waals surface area contributed by atoms with Crippen LogP contribution in [0.3, 0.4) is 0 Å². The molecule has 168 valence electrons. The molecule has 2 amide bonds. The molecule has 1 fully saturated rings. The van der Waals surface area contributed by atoms with E-state index in [0.717, 1.165) is 0 Å². The van der Waals surface area contributed by atoms with Gasteiger partial charge in [-0.25, -0.2) is 0 Å². The fourth-order valence-electron chi connectivity index (χ4n) is 3.43. The number of para-hydroxylation sites is 1. The number of nitrogens with one attached hydrogen (secondary N) is 1. The van der Waals surface area contributed by atoms with Crippen LogP contribution in [0.4, 0.5) is 5.69 Å². The van der Waals surface area contributed by atoms with Crippen molar-refractivity contribution in [2.24, 2.45) is 0 Å². The molecule has 1 saturated heterocycles. The quantitative estimate of drug-likeness (QED) is 0.351. The molecule has 0 aliphatic carbocycles. The monoisotopic (exact) mass is 447 g/mol. The molecule has 1 aromatic heterocycles. The first kappa shape index (κ1) is 22.0. The number of hydrogen-bond donors (Lipinski definition) is 1. The van der Waals surface area contributed by atoms with Crippen molar-refractivity contribution in [2.75, 3.05) is 26.3 Å². The van der Waals surface area contributed by atoms with E-state index in [4.69, 9.17) is 9.15 Å². The predicted molar refractivity (Wildman–Crippen MR) is 120 cm³/mol. The third-order valence-corrected chi connectivity index (χ3v) is 5.09. The number of carbonyl (C=O) groups excluding carboxylic acids is 2. The molecule has 1 N–H and O–H groups in total. The molecule has 1 aliphatic heterocycles. The maximum Gasteiger partial charge on any atom is 0.280 e. The molecule has 0 atom stereocenters. The van der Waals surface area contributed by atoms with E-state index in [9.17, 15) is 19.7 Å². The first-order valence-corrected chi connectivity index (χ1v) is 10.3. The highest BCUT2D eigenvalue weighted by atomic mass is 16.6. The van der Waals surface area contributed by atoms with E-state index in [1.54, 1.807) is 65.6 Å². The molecular weight excluding hydrogens is 426 g/mol. The summed E-state index contributed by atoms with van der Waals surface area (Å²) in [4.78, 5) is 38.3. The van der Waals surface area contributed by atoms with Gasteiger partial charge >= 0.3 is 0 Å². The van der Waals surface area contributed by atoms with E-state index >= 15 is 0 Å². The zero-order chi connectivity index (χ0) is 23.2. The topological polar surface area (TPSA) is 115 Å². The zero-order valence-electron chi connectivity index (χ0n) is 17.6. The van der Waals surface area contributed by atoms with Crippen molar-refractivity contribution in [1.29, 1.82) is 0 Å². The van der Waals surface area contributed by atoms with Gasteiger partial charge in [-0.3, -0.25) is 19.7 Å². The molecule has 0 spiro atoms. The van der Waals surface area contributed by atoms with Gasteiger partial charge in [0, 0.05) is 30.8 Å². The number of nitrogens with zero attached hydrogens (tertiary/aromatic N) is 2. The third kappa shape index (κ3) is 5.16. The SMILES string of the molecule is O=C(NC(=Cc1ccc(-c2ccccc2[N+](=O)[O-])o1)C(=O)N1CCOCC1)c1ccccc1. The summed E-state index contributed by atoms with van der Waals surface area (Å²) in [6.45, 7) is 1.62. The second kappa shape index (κ2) is 9.92. The first-order valence-electron chi connectivity index (χ1n) is 10.3. The Morgan fingerprint density at radius 1 is 0.970 bits per heavy atom. The molecule has 33 heavy (non-hydrogen) atoms. The van der Waals surface area contributed by atoms with Gasteiger partial charge < -0.3 is 19.4 Å². The molecule has 2 aromatic carbocycles. The van der Waals surface area contributed by atoms with Crippen LogP contribution in [-0.2, 0) is 9.53 Å². The van der Waals surface area contributed by atoms with Gasteiger partial charge in [-0.05, 0) is 30.3 Å². The number of ether oxygens (including phenoxy) is 1. The van der Waals surface area contributed by atoms with Gasteiger partial charge in [-0.15, -0.1) is 0 Å². The van der Waals surface area contributed by atoms with Gasteiger partial charge in [-0.1, -0.05) is 30.3 Å². The predicted octanol–water partition coefficient (Wildman–Crippen LogP) is 3.48. The van der Waals surface area contributed by atoms with Crippen LogP contribution in [-0.4, -0.2) is 47.9 Å². The van der Waals surface area contributed by atoms with E-state index in [1.807, 2.05) is 0 Å². The van der Waals surface area contributed by atoms with E-state index < -0.39 is 10.8 Å². The maximum absolute atomic E-state index is 13.1. The molecule has 9 nitrogen and oxygen atoms in total. The number of benzene rings is 2. The van der Waals surface area contributed by atoms with Crippen molar-refractivity contribution in [2.45, 2.75) is 0 Å². The Morgan fingerprint density at radius 2 is 1.67 bits per heavy atom. The Labute approximate surface area is 189 Å². The average Bonchev–Trinajstić information content (AvgIpc) is 3.32. The van der Waals surface area contributed by atoms with Crippen LogP contribution in [0.1, 0.15) is 16.1 Å². The van der Waals surface area contributed by atoms with Crippen molar-refractivity contribution in [3.8, 4) is 11.3 Å². The fourth-order valence-corrected chi connectivity index (χ4v) is 3.43. The van der Waals surface area contributed by atoms with E-state index in [1.165, 1.54) is 12.1 Å². The van der Waals surface area contributed by atoms with Crippen molar-refractivity contribution in [1.82, 2.24) is 10.2 Å². The summed E-state index contributed by atoms with van der Waals surface area (Å²) in [5.74, 6) is -0.255. The lowest BCUT2D eigenvalue weighted by atomic mass is 10.1. The number of hydrogen-bond acceptors (Lipinski definition) is 6. The standard InChI is InChI=1S/C24H21N3O6/c28-23(17-6-2-1-3-7-17)25-20(24(29)26-12-14-32-15-13-26)16-18-10-11-22(33-18)19-8-4-5-9-21(19)27(30)31/h1-11,16H,12-15H2,(H,25,28). The zero-order valence-corrected chi connectivity index (χ0v) is 17.6. The fraction of sp³-hybridized carbons (Fsp3) is 0.167. The van der Waals surface area contributed by atoms with E-state index in [2.05, 4.69) is 5.32 Å². The van der Waals surface area contributed by atoms with Gasteiger partial charge in [0.15, 0.2) is 0 Å². The molecule has 0 bridgehead atoms. The summed E-state index contributed by atoms with van der Waals surface area (Å²) in [6, 6.07) is 17.9. The number of rotatable bonds is 6. The maximum atomic E-state index is 13.1. The molecule has 0 saturated carbocycles. The molecule has 4 rings (SSSR count). The minimum absolute atomic E-state index is 0.0363. The lowest BCUT2D eigenvalue weighted by molar-refractivity contribution is -0.384. The van der Waals surface area contributed by atoms with Crippen LogP contribution < -0.4 is 5.32 Å². The van der Waals surface area contributed by atoms with E-state index in [0.29, 0.717) is 37.4 Å². The Bertz CT molecular complexity index is 1200. The Hall–Kier alpha value is -4.24. The van der Waals surface area contributed by atoms with Crippen LogP contribution in [0, 0.1) is 10.1 Å². The smallest absolute Gasteiger partial charge is 0.280 e. The molecular formula is C24H21N3O6. The van der Waals surface area contributed by atoms with Gasteiger partial charge in [0.1, 0.15) is 17.2 Å². The van der Waals surface area contributed by atoms with E-state index in [-0.39, 0.29) is 28.8 Å². The molecule has 3 aromatic rings. The summed E-state index contributed by atoms with van der Waals surface area (Å²) in [6.07, 6.45) is 1.43. The van der Waals surface area contributed by atoms with Crippen molar-refractivity contribution in [3.63, 3.8) is 0 Å². The number of nitro benzene ring substituents is 1. The lowest BCUT2D eigenvalue weighted by Crippen LogP contribution is -2.44. The number of morpholine rings is 1.